The minimum atomic E-state index is -0.698. The number of benzene rings is 2. The summed E-state index contributed by atoms with van der Waals surface area (Å²) in [6, 6.07) is 9.23. The summed E-state index contributed by atoms with van der Waals surface area (Å²) in [5.41, 5.74) is 4.68. The van der Waals surface area contributed by atoms with Gasteiger partial charge in [0, 0.05) is 14.9 Å². The number of thioether (sulfide) groups is 1. The zero-order chi connectivity index (χ0) is 18.4. The third-order valence-corrected chi connectivity index (χ3v) is 4.82. The Kier molecular flexibility index (Phi) is 7.53. The van der Waals surface area contributed by atoms with E-state index in [1.165, 1.54) is 23.9 Å². The van der Waals surface area contributed by atoms with Crippen LogP contribution in [0.1, 0.15) is 0 Å². The maximum atomic E-state index is 11.8. The quantitative estimate of drug-likeness (QED) is 0.451. The van der Waals surface area contributed by atoms with Crippen molar-refractivity contribution in [2.45, 2.75) is 4.90 Å². The maximum Gasteiger partial charge on any atom is 0.338 e. The van der Waals surface area contributed by atoms with E-state index in [0.717, 1.165) is 4.90 Å². The molecule has 0 saturated carbocycles. The lowest BCUT2D eigenvalue weighted by atomic mass is 10.3. The van der Waals surface area contributed by atoms with Gasteiger partial charge in [0.1, 0.15) is 0 Å². The molecule has 132 valence electrons. The number of hydrogen-bond donors (Lipinski definition) is 3. The molecule has 25 heavy (non-hydrogen) atoms. The van der Waals surface area contributed by atoms with E-state index in [-0.39, 0.29) is 27.4 Å². The van der Waals surface area contributed by atoms with Crippen LogP contribution in [0.4, 0.5) is 10.5 Å². The Balaban J connectivity index is 1.79. The van der Waals surface area contributed by atoms with Gasteiger partial charge in [-0.15, -0.1) is 11.8 Å². The minimum absolute atomic E-state index is 0.115. The first-order valence-electron chi connectivity index (χ1n) is 6.74. The number of hydrogen-bond acceptors (Lipinski definition) is 3. The van der Waals surface area contributed by atoms with Gasteiger partial charge in [0.25, 0.3) is 0 Å². The van der Waals surface area contributed by atoms with Crippen LogP contribution < -0.4 is 16.2 Å². The zero-order valence-corrected chi connectivity index (χ0v) is 16.2. The highest BCUT2D eigenvalue weighted by atomic mass is 35.5. The standard InChI is InChI=1S/C15H11Cl4N3O2S/c16-8-1-3-10(4-2-8)25-7-13(23)21-22-15(24)20-14-11(18)5-9(17)6-12(14)19/h1-6H,7H2,(H,21,23)(H2,20,22,24). The third kappa shape index (κ3) is 6.49. The average Bonchev–Trinajstić information content (AvgIpc) is 2.55. The minimum Gasteiger partial charge on any atom is -0.304 e. The molecule has 0 atom stereocenters. The molecular weight excluding hydrogens is 428 g/mol. The topological polar surface area (TPSA) is 70.2 Å². The Morgan fingerprint density at radius 2 is 1.48 bits per heavy atom. The van der Waals surface area contributed by atoms with Gasteiger partial charge < -0.3 is 5.32 Å². The Morgan fingerprint density at radius 3 is 2.08 bits per heavy atom. The summed E-state index contributed by atoms with van der Waals surface area (Å²) in [4.78, 5) is 24.4. The summed E-state index contributed by atoms with van der Waals surface area (Å²) >= 11 is 24.8. The Morgan fingerprint density at radius 1 is 0.880 bits per heavy atom. The van der Waals surface area contributed by atoms with Crippen LogP contribution in [0, 0.1) is 0 Å². The highest BCUT2D eigenvalue weighted by Crippen LogP contribution is 2.33. The Bertz CT molecular complexity index is 764. The highest BCUT2D eigenvalue weighted by molar-refractivity contribution is 8.00. The van der Waals surface area contributed by atoms with E-state index in [2.05, 4.69) is 16.2 Å². The number of hydrazine groups is 1. The molecule has 10 heteroatoms. The zero-order valence-electron chi connectivity index (χ0n) is 12.4. The number of halogens is 4. The molecule has 0 unspecified atom stereocenters. The summed E-state index contributed by atoms with van der Waals surface area (Å²) in [7, 11) is 0. The van der Waals surface area contributed by atoms with Crippen molar-refractivity contribution in [3.63, 3.8) is 0 Å². The second kappa shape index (κ2) is 9.40. The monoisotopic (exact) mass is 437 g/mol. The van der Waals surface area contributed by atoms with E-state index >= 15 is 0 Å². The van der Waals surface area contributed by atoms with Gasteiger partial charge in [-0.3, -0.25) is 10.2 Å². The summed E-state index contributed by atoms with van der Waals surface area (Å²) in [6.45, 7) is 0. The van der Waals surface area contributed by atoms with Crippen LogP contribution in [0.25, 0.3) is 0 Å². The van der Waals surface area contributed by atoms with Gasteiger partial charge in [-0.25, -0.2) is 10.2 Å². The van der Waals surface area contributed by atoms with E-state index < -0.39 is 6.03 Å². The lowest BCUT2D eigenvalue weighted by Gasteiger charge is -2.11. The van der Waals surface area contributed by atoms with Crippen LogP contribution in [0.5, 0.6) is 0 Å². The first-order valence-corrected chi connectivity index (χ1v) is 9.23. The number of carbonyl (C=O) groups excluding carboxylic acids is 2. The predicted molar refractivity (Wildman–Crippen MR) is 104 cm³/mol. The smallest absolute Gasteiger partial charge is 0.304 e. The highest BCUT2D eigenvalue weighted by Gasteiger charge is 2.12. The van der Waals surface area contributed by atoms with Gasteiger partial charge >= 0.3 is 6.03 Å². The van der Waals surface area contributed by atoms with Crippen LogP contribution in [-0.4, -0.2) is 17.7 Å². The van der Waals surface area contributed by atoms with Crippen molar-refractivity contribution in [3.8, 4) is 0 Å². The number of carbonyl (C=O) groups is 2. The molecule has 0 radical (unpaired) electrons. The molecule has 2 aromatic carbocycles. The van der Waals surface area contributed by atoms with E-state index in [0.29, 0.717) is 10.0 Å². The Hall–Kier alpha value is -1.31. The fourth-order valence-electron chi connectivity index (χ4n) is 1.65. The van der Waals surface area contributed by atoms with E-state index in [4.69, 9.17) is 46.4 Å². The van der Waals surface area contributed by atoms with Crippen molar-refractivity contribution in [1.82, 2.24) is 10.9 Å². The SMILES string of the molecule is O=C(CSc1ccc(Cl)cc1)NNC(=O)Nc1c(Cl)cc(Cl)cc1Cl. The normalized spacial score (nSPS) is 10.2. The van der Waals surface area contributed by atoms with Gasteiger partial charge in [0.2, 0.25) is 5.91 Å². The first-order chi connectivity index (χ1) is 11.8. The lowest BCUT2D eigenvalue weighted by Crippen LogP contribution is -2.44. The number of nitrogens with one attached hydrogen (secondary N) is 3. The first kappa shape index (κ1) is 20.0. The fraction of sp³-hybridized carbons (Fsp3) is 0.0667. The van der Waals surface area contributed by atoms with Crippen molar-refractivity contribution in [1.29, 1.82) is 0 Å². The molecule has 0 aromatic heterocycles. The summed E-state index contributed by atoms with van der Waals surface area (Å²) in [5.74, 6) is -0.270. The maximum absolute atomic E-state index is 11.8. The van der Waals surface area contributed by atoms with Gasteiger partial charge in [-0.05, 0) is 36.4 Å². The Labute approximate surface area is 168 Å². The van der Waals surface area contributed by atoms with Crippen LogP contribution >= 0.6 is 58.2 Å². The van der Waals surface area contributed by atoms with E-state index in [9.17, 15) is 9.59 Å². The number of anilines is 1. The van der Waals surface area contributed by atoms with Crippen LogP contribution in [0.3, 0.4) is 0 Å². The molecule has 5 nitrogen and oxygen atoms in total. The molecule has 0 aliphatic heterocycles. The van der Waals surface area contributed by atoms with Gasteiger partial charge in [0.05, 0.1) is 21.5 Å². The van der Waals surface area contributed by atoms with Crippen molar-refractivity contribution >= 4 is 75.8 Å². The van der Waals surface area contributed by atoms with Crippen LogP contribution in [0.15, 0.2) is 41.3 Å². The molecule has 0 aliphatic rings. The molecule has 3 amide bonds. The van der Waals surface area contributed by atoms with E-state index in [1.807, 2.05) is 0 Å². The van der Waals surface area contributed by atoms with Gasteiger partial charge in [-0.2, -0.15) is 0 Å². The largest absolute Gasteiger partial charge is 0.338 e. The number of amides is 3. The average molecular weight is 439 g/mol. The van der Waals surface area contributed by atoms with Crippen molar-refractivity contribution in [2.24, 2.45) is 0 Å². The van der Waals surface area contributed by atoms with Crippen molar-refractivity contribution in [3.05, 3.63) is 56.5 Å². The fourth-order valence-corrected chi connectivity index (χ4v) is 3.38. The van der Waals surface area contributed by atoms with Crippen LogP contribution in [0.2, 0.25) is 20.1 Å². The molecule has 0 saturated heterocycles. The predicted octanol–water partition coefficient (Wildman–Crippen LogP) is 5.25. The molecule has 2 aromatic rings. The summed E-state index contributed by atoms with van der Waals surface area (Å²) in [6.07, 6.45) is 0. The molecule has 2 rings (SSSR count). The van der Waals surface area contributed by atoms with Gasteiger partial charge in [-0.1, -0.05) is 46.4 Å². The van der Waals surface area contributed by atoms with Crippen LogP contribution in [-0.2, 0) is 4.79 Å². The second-order valence-electron chi connectivity index (χ2n) is 4.61. The van der Waals surface area contributed by atoms with E-state index in [1.54, 1.807) is 24.3 Å². The lowest BCUT2D eigenvalue weighted by molar-refractivity contribution is -0.119. The summed E-state index contributed by atoms with van der Waals surface area (Å²) < 4.78 is 0. The molecule has 0 fully saturated rings. The molecule has 0 spiro atoms. The molecule has 0 bridgehead atoms. The number of urea groups is 1. The molecule has 0 heterocycles. The van der Waals surface area contributed by atoms with Crippen molar-refractivity contribution in [2.75, 3.05) is 11.1 Å². The second-order valence-corrected chi connectivity index (χ2v) is 7.35. The molecule has 0 aliphatic carbocycles. The third-order valence-electron chi connectivity index (χ3n) is 2.74. The van der Waals surface area contributed by atoms with Crippen molar-refractivity contribution < 1.29 is 9.59 Å². The number of rotatable bonds is 4. The summed E-state index contributed by atoms with van der Waals surface area (Å²) in [5, 5.41) is 3.75. The molecular formula is C15H11Cl4N3O2S. The molecule has 3 N–H and O–H groups in total. The van der Waals surface area contributed by atoms with Gasteiger partial charge in [0.15, 0.2) is 0 Å².